The topological polar surface area (TPSA) is 35.2 Å². The molecular weight excluding hydrogens is 250 g/mol. The summed E-state index contributed by atoms with van der Waals surface area (Å²) in [6, 6.07) is 3.56. The molecule has 0 aromatic heterocycles. The van der Waals surface area contributed by atoms with Gasteiger partial charge in [-0.2, -0.15) is 0 Å². The van der Waals surface area contributed by atoms with Crippen LogP contribution in [0.4, 0.5) is 17.6 Å². The number of alkyl halides is 3. The highest BCUT2D eigenvalue weighted by atomic mass is 19.4. The highest BCUT2D eigenvalue weighted by molar-refractivity contribution is 5.38. The SMILES string of the molecule is CC1(c2ccc(OC(F)(F)F)c(F)c2)CC1CN. The molecule has 1 aromatic carbocycles. The molecule has 2 unspecified atom stereocenters. The van der Waals surface area contributed by atoms with Gasteiger partial charge in [0.05, 0.1) is 0 Å². The Kier molecular flexibility index (Phi) is 3.01. The summed E-state index contributed by atoms with van der Waals surface area (Å²) in [6.45, 7) is 2.41. The number of hydrogen-bond acceptors (Lipinski definition) is 2. The van der Waals surface area contributed by atoms with Crippen LogP contribution in [0, 0.1) is 11.7 Å². The van der Waals surface area contributed by atoms with E-state index in [4.69, 9.17) is 5.73 Å². The summed E-state index contributed by atoms with van der Waals surface area (Å²) in [5.74, 6) is -1.56. The molecule has 2 atom stereocenters. The third-order valence-corrected chi connectivity index (χ3v) is 3.51. The lowest BCUT2D eigenvalue weighted by atomic mass is 9.95. The van der Waals surface area contributed by atoms with Gasteiger partial charge in [-0.3, -0.25) is 0 Å². The highest BCUT2D eigenvalue weighted by Crippen LogP contribution is 2.53. The van der Waals surface area contributed by atoms with Crippen LogP contribution in [0.25, 0.3) is 0 Å². The quantitative estimate of drug-likeness (QED) is 0.851. The van der Waals surface area contributed by atoms with E-state index < -0.39 is 17.9 Å². The van der Waals surface area contributed by atoms with Crippen LogP contribution in [-0.2, 0) is 5.41 Å². The van der Waals surface area contributed by atoms with Gasteiger partial charge in [0.15, 0.2) is 11.6 Å². The van der Waals surface area contributed by atoms with Crippen molar-refractivity contribution in [3.63, 3.8) is 0 Å². The predicted octanol–water partition coefficient (Wildman–Crippen LogP) is 2.96. The first kappa shape index (κ1) is 13.1. The molecule has 0 radical (unpaired) electrons. The van der Waals surface area contributed by atoms with E-state index in [9.17, 15) is 17.6 Å². The van der Waals surface area contributed by atoms with Gasteiger partial charge < -0.3 is 10.5 Å². The molecule has 0 spiro atoms. The first-order valence-electron chi connectivity index (χ1n) is 5.52. The fraction of sp³-hybridized carbons (Fsp3) is 0.500. The smallest absolute Gasteiger partial charge is 0.403 e. The van der Waals surface area contributed by atoms with Crippen LogP contribution in [0.1, 0.15) is 18.9 Å². The maximum Gasteiger partial charge on any atom is 0.573 e. The molecule has 0 amide bonds. The standard InChI is InChI=1S/C12H13F4NO/c1-11(5-8(11)6-17)7-2-3-10(9(13)4-7)18-12(14,15)16/h2-4,8H,5-6,17H2,1H3. The first-order chi connectivity index (χ1) is 8.26. The fourth-order valence-electron chi connectivity index (χ4n) is 2.21. The van der Waals surface area contributed by atoms with Gasteiger partial charge in [-0.1, -0.05) is 13.0 Å². The second-order valence-corrected chi connectivity index (χ2v) is 4.75. The van der Waals surface area contributed by atoms with Gasteiger partial charge in [-0.25, -0.2) is 4.39 Å². The van der Waals surface area contributed by atoms with Crippen molar-refractivity contribution in [2.24, 2.45) is 11.7 Å². The third-order valence-electron chi connectivity index (χ3n) is 3.51. The lowest BCUT2D eigenvalue weighted by Crippen LogP contribution is -2.18. The van der Waals surface area contributed by atoms with Crippen molar-refractivity contribution in [2.45, 2.75) is 25.1 Å². The van der Waals surface area contributed by atoms with Crippen LogP contribution in [0.2, 0.25) is 0 Å². The number of nitrogens with two attached hydrogens (primary N) is 1. The van der Waals surface area contributed by atoms with E-state index in [0.29, 0.717) is 12.1 Å². The van der Waals surface area contributed by atoms with E-state index in [1.807, 2.05) is 6.92 Å². The van der Waals surface area contributed by atoms with Crippen LogP contribution in [0.15, 0.2) is 18.2 Å². The molecule has 1 aliphatic rings. The largest absolute Gasteiger partial charge is 0.573 e. The predicted molar refractivity (Wildman–Crippen MR) is 57.6 cm³/mol. The fourth-order valence-corrected chi connectivity index (χ4v) is 2.21. The maximum atomic E-state index is 13.5. The monoisotopic (exact) mass is 263 g/mol. The summed E-state index contributed by atoms with van der Waals surface area (Å²) in [6.07, 6.45) is -4.06. The second kappa shape index (κ2) is 4.12. The van der Waals surface area contributed by atoms with Gasteiger partial charge in [-0.15, -0.1) is 13.2 Å². The van der Waals surface area contributed by atoms with Crippen molar-refractivity contribution in [3.05, 3.63) is 29.6 Å². The molecule has 2 N–H and O–H groups in total. The molecule has 1 saturated carbocycles. The zero-order valence-corrected chi connectivity index (χ0v) is 9.72. The molecule has 6 heteroatoms. The summed E-state index contributed by atoms with van der Waals surface area (Å²) < 4.78 is 53.0. The van der Waals surface area contributed by atoms with Gasteiger partial charge in [-0.05, 0) is 42.0 Å². The van der Waals surface area contributed by atoms with Crippen molar-refractivity contribution < 1.29 is 22.3 Å². The Hall–Kier alpha value is -1.30. The molecule has 18 heavy (non-hydrogen) atoms. The zero-order valence-electron chi connectivity index (χ0n) is 9.72. The van der Waals surface area contributed by atoms with Crippen LogP contribution >= 0.6 is 0 Å². The number of ether oxygens (including phenoxy) is 1. The number of rotatable bonds is 3. The molecule has 1 aliphatic carbocycles. The minimum atomic E-state index is -4.88. The van der Waals surface area contributed by atoms with E-state index in [-0.39, 0.29) is 11.3 Å². The Morgan fingerprint density at radius 1 is 1.44 bits per heavy atom. The molecule has 0 saturated heterocycles. The van der Waals surface area contributed by atoms with Gasteiger partial charge in [0, 0.05) is 0 Å². The average molecular weight is 263 g/mol. The lowest BCUT2D eigenvalue weighted by Gasteiger charge is -2.14. The second-order valence-electron chi connectivity index (χ2n) is 4.75. The Labute approximate surface area is 102 Å². The number of benzene rings is 1. The molecule has 1 aromatic rings. The Balaban J connectivity index is 2.21. The summed E-state index contributed by atoms with van der Waals surface area (Å²) in [5, 5.41) is 0. The van der Waals surface area contributed by atoms with E-state index in [1.54, 1.807) is 0 Å². The van der Waals surface area contributed by atoms with Crippen molar-refractivity contribution in [1.29, 1.82) is 0 Å². The molecule has 2 rings (SSSR count). The molecule has 0 aliphatic heterocycles. The van der Waals surface area contributed by atoms with E-state index in [0.717, 1.165) is 18.6 Å². The average Bonchev–Trinajstić information content (AvgIpc) is 2.92. The molecule has 2 nitrogen and oxygen atoms in total. The lowest BCUT2D eigenvalue weighted by molar-refractivity contribution is -0.275. The highest BCUT2D eigenvalue weighted by Gasteiger charge is 2.50. The van der Waals surface area contributed by atoms with Crippen LogP contribution < -0.4 is 10.5 Å². The summed E-state index contributed by atoms with van der Waals surface area (Å²) in [4.78, 5) is 0. The first-order valence-corrected chi connectivity index (χ1v) is 5.52. The van der Waals surface area contributed by atoms with Crippen LogP contribution in [0.3, 0.4) is 0 Å². The molecular formula is C12H13F4NO. The molecule has 0 bridgehead atoms. The molecule has 100 valence electrons. The Morgan fingerprint density at radius 2 is 2.11 bits per heavy atom. The van der Waals surface area contributed by atoms with E-state index >= 15 is 0 Å². The normalized spacial score (nSPS) is 27.1. The van der Waals surface area contributed by atoms with Gasteiger partial charge >= 0.3 is 6.36 Å². The molecule has 0 heterocycles. The summed E-state index contributed by atoms with van der Waals surface area (Å²) >= 11 is 0. The van der Waals surface area contributed by atoms with E-state index in [1.165, 1.54) is 6.07 Å². The van der Waals surface area contributed by atoms with Crippen molar-refractivity contribution in [2.75, 3.05) is 6.54 Å². The van der Waals surface area contributed by atoms with Crippen molar-refractivity contribution >= 4 is 0 Å². The maximum absolute atomic E-state index is 13.5. The minimum Gasteiger partial charge on any atom is -0.403 e. The number of halogens is 4. The zero-order chi connectivity index (χ0) is 13.6. The van der Waals surface area contributed by atoms with Crippen molar-refractivity contribution in [1.82, 2.24) is 0 Å². The van der Waals surface area contributed by atoms with Gasteiger partial charge in [0.1, 0.15) is 0 Å². The molecule has 1 fully saturated rings. The van der Waals surface area contributed by atoms with Crippen LogP contribution in [0.5, 0.6) is 5.75 Å². The third kappa shape index (κ3) is 2.43. The summed E-state index contributed by atoms with van der Waals surface area (Å²) in [7, 11) is 0. The van der Waals surface area contributed by atoms with E-state index in [2.05, 4.69) is 4.74 Å². The Morgan fingerprint density at radius 3 is 2.56 bits per heavy atom. The van der Waals surface area contributed by atoms with Gasteiger partial charge in [0.2, 0.25) is 0 Å². The number of hydrogen-bond donors (Lipinski definition) is 1. The van der Waals surface area contributed by atoms with Crippen molar-refractivity contribution in [3.8, 4) is 5.75 Å². The minimum absolute atomic E-state index is 0.230. The summed E-state index contributed by atoms with van der Waals surface area (Å²) in [5.41, 5.74) is 5.96. The van der Waals surface area contributed by atoms with Gasteiger partial charge in [0.25, 0.3) is 0 Å². The Bertz CT molecular complexity index is 460. The van der Waals surface area contributed by atoms with Crippen LogP contribution in [-0.4, -0.2) is 12.9 Å².